The highest BCUT2D eigenvalue weighted by molar-refractivity contribution is 5.88. The maximum Gasteiger partial charge on any atom is 0.156 e. The predicted molar refractivity (Wildman–Crippen MR) is 65.3 cm³/mol. The second-order valence-electron chi connectivity index (χ2n) is 4.86. The van der Waals surface area contributed by atoms with Crippen LogP contribution in [-0.2, 0) is 4.79 Å². The Labute approximate surface area is 97.2 Å². The van der Waals surface area contributed by atoms with Gasteiger partial charge in [-0.15, -0.1) is 0 Å². The van der Waals surface area contributed by atoms with Gasteiger partial charge in [-0.2, -0.15) is 0 Å². The van der Waals surface area contributed by atoms with E-state index in [2.05, 4.69) is 16.3 Å². The van der Waals surface area contributed by atoms with E-state index in [4.69, 9.17) is 0 Å². The molecule has 1 heterocycles. The molecule has 0 bridgehead atoms. The molecule has 1 N–H and O–H groups in total. The summed E-state index contributed by atoms with van der Waals surface area (Å²) >= 11 is 0. The normalized spacial score (nSPS) is 30.6. The Hall–Kier alpha value is -0.930. The van der Waals surface area contributed by atoms with E-state index in [0.717, 1.165) is 32.6 Å². The molecule has 1 aliphatic heterocycles. The highest BCUT2D eigenvalue weighted by Gasteiger charge is 2.31. The summed E-state index contributed by atoms with van der Waals surface area (Å²) in [4.78, 5) is 14.5. The van der Waals surface area contributed by atoms with E-state index in [-0.39, 0.29) is 5.41 Å². The summed E-state index contributed by atoms with van der Waals surface area (Å²) in [6, 6.07) is 0. The molecule has 16 heavy (non-hydrogen) atoms. The first-order chi connectivity index (χ1) is 7.71. The van der Waals surface area contributed by atoms with Crippen molar-refractivity contribution in [3.8, 4) is 0 Å². The van der Waals surface area contributed by atoms with Gasteiger partial charge in [-0.3, -0.25) is 9.69 Å². The van der Waals surface area contributed by atoms with E-state index in [9.17, 15) is 4.79 Å². The number of ketones is 1. The van der Waals surface area contributed by atoms with Gasteiger partial charge in [0.25, 0.3) is 0 Å². The molecule has 0 saturated carbocycles. The monoisotopic (exact) mass is 220 g/mol. The van der Waals surface area contributed by atoms with Crippen LogP contribution in [0.15, 0.2) is 24.3 Å². The first kappa shape index (κ1) is 11.6. The Balaban J connectivity index is 1.91. The predicted octanol–water partition coefficient (Wildman–Crippen LogP) is 0.983. The molecule has 1 unspecified atom stereocenters. The fourth-order valence-electron chi connectivity index (χ4n) is 2.19. The summed E-state index contributed by atoms with van der Waals surface area (Å²) in [7, 11) is 0. The summed E-state index contributed by atoms with van der Waals surface area (Å²) in [6.07, 6.45) is 8.96. The molecule has 3 heteroatoms. The van der Waals surface area contributed by atoms with E-state index in [1.165, 1.54) is 0 Å². The summed E-state index contributed by atoms with van der Waals surface area (Å²) in [5.41, 5.74) is -0.278. The number of rotatable bonds is 3. The lowest BCUT2D eigenvalue weighted by Gasteiger charge is -2.31. The van der Waals surface area contributed by atoms with Crippen LogP contribution in [0.25, 0.3) is 0 Å². The molecule has 0 aromatic rings. The van der Waals surface area contributed by atoms with E-state index in [1.807, 2.05) is 25.2 Å². The lowest BCUT2D eigenvalue weighted by atomic mass is 9.79. The van der Waals surface area contributed by atoms with Crippen LogP contribution in [-0.4, -0.2) is 43.4 Å². The van der Waals surface area contributed by atoms with Crippen LogP contribution in [0.5, 0.6) is 0 Å². The Morgan fingerprint density at radius 2 is 2.12 bits per heavy atom. The molecular formula is C13H20N2O. The van der Waals surface area contributed by atoms with Crippen LogP contribution in [0.3, 0.4) is 0 Å². The lowest BCUT2D eigenvalue weighted by molar-refractivity contribution is -0.126. The number of nitrogens with zero attached hydrogens (tertiary/aromatic N) is 1. The van der Waals surface area contributed by atoms with E-state index >= 15 is 0 Å². The lowest BCUT2D eigenvalue weighted by Crippen LogP contribution is -2.47. The smallest absolute Gasteiger partial charge is 0.156 e. The largest absolute Gasteiger partial charge is 0.314 e. The standard InChI is InChI=1S/C13H20N2O/c1-13(5-3-2-4-6-13)12(16)11-15-9-7-14-8-10-15/h2-5,14H,6-11H2,1H3. The molecule has 3 nitrogen and oxygen atoms in total. The average Bonchev–Trinajstić information content (AvgIpc) is 2.31. The Morgan fingerprint density at radius 3 is 2.75 bits per heavy atom. The van der Waals surface area contributed by atoms with E-state index < -0.39 is 0 Å². The van der Waals surface area contributed by atoms with Crippen molar-refractivity contribution in [1.82, 2.24) is 10.2 Å². The van der Waals surface area contributed by atoms with Crippen molar-refractivity contribution in [2.45, 2.75) is 13.3 Å². The first-order valence-electron chi connectivity index (χ1n) is 6.01. The molecule has 1 fully saturated rings. The molecule has 2 aliphatic rings. The topological polar surface area (TPSA) is 32.3 Å². The summed E-state index contributed by atoms with van der Waals surface area (Å²) in [6.45, 7) is 6.61. The van der Waals surface area contributed by atoms with Crippen molar-refractivity contribution in [2.24, 2.45) is 5.41 Å². The van der Waals surface area contributed by atoms with Crippen LogP contribution in [0.2, 0.25) is 0 Å². The zero-order chi connectivity index (χ0) is 11.4. The number of hydrogen-bond donors (Lipinski definition) is 1. The van der Waals surface area contributed by atoms with E-state index in [0.29, 0.717) is 12.3 Å². The maximum absolute atomic E-state index is 12.2. The van der Waals surface area contributed by atoms with Crippen molar-refractivity contribution in [3.05, 3.63) is 24.3 Å². The third-order valence-electron chi connectivity index (χ3n) is 3.47. The molecule has 0 radical (unpaired) electrons. The zero-order valence-electron chi connectivity index (χ0n) is 9.91. The second-order valence-corrected chi connectivity index (χ2v) is 4.86. The molecule has 1 aliphatic carbocycles. The summed E-state index contributed by atoms with van der Waals surface area (Å²) in [5.74, 6) is 0.343. The van der Waals surface area contributed by atoms with Crippen LogP contribution in [0, 0.1) is 5.41 Å². The van der Waals surface area contributed by atoms with Gasteiger partial charge in [0.15, 0.2) is 5.78 Å². The van der Waals surface area contributed by atoms with Gasteiger partial charge in [-0.05, 0) is 13.3 Å². The molecule has 0 aromatic carbocycles. The van der Waals surface area contributed by atoms with Crippen LogP contribution < -0.4 is 5.32 Å². The van der Waals surface area contributed by atoms with Gasteiger partial charge in [-0.25, -0.2) is 0 Å². The number of allylic oxidation sites excluding steroid dienone is 4. The molecule has 88 valence electrons. The number of Topliss-reactive ketones (excluding diaryl/α,β-unsaturated/α-hetero) is 1. The van der Waals surface area contributed by atoms with Gasteiger partial charge in [-0.1, -0.05) is 24.3 Å². The second kappa shape index (κ2) is 4.93. The Kier molecular flexibility index (Phi) is 3.56. The number of piperazine rings is 1. The molecule has 1 atom stereocenters. The number of carbonyl (C=O) groups is 1. The molecule has 2 rings (SSSR count). The highest BCUT2D eigenvalue weighted by Crippen LogP contribution is 2.28. The molecular weight excluding hydrogens is 200 g/mol. The van der Waals surface area contributed by atoms with Crippen molar-refractivity contribution >= 4 is 5.78 Å². The molecule has 0 aromatic heterocycles. The fraction of sp³-hybridized carbons (Fsp3) is 0.615. The Bertz CT molecular complexity index is 316. The number of nitrogens with one attached hydrogen (secondary N) is 1. The molecule has 0 amide bonds. The van der Waals surface area contributed by atoms with Gasteiger partial charge < -0.3 is 5.32 Å². The fourth-order valence-corrected chi connectivity index (χ4v) is 2.19. The quantitative estimate of drug-likeness (QED) is 0.769. The SMILES string of the molecule is CC1(C(=O)CN2CCNCC2)C=CC=CC1. The average molecular weight is 220 g/mol. The van der Waals surface area contributed by atoms with Crippen LogP contribution >= 0.6 is 0 Å². The van der Waals surface area contributed by atoms with Gasteiger partial charge in [0, 0.05) is 31.6 Å². The third kappa shape index (κ3) is 2.60. The van der Waals surface area contributed by atoms with Gasteiger partial charge in [0.2, 0.25) is 0 Å². The third-order valence-corrected chi connectivity index (χ3v) is 3.47. The first-order valence-corrected chi connectivity index (χ1v) is 6.01. The minimum absolute atomic E-state index is 0.278. The van der Waals surface area contributed by atoms with Gasteiger partial charge in [0.1, 0.15) is 0 Å². The van der Waals surface area contributed by atoms with Crippen LogP contribution in [0.1, 0.15) is 13.3 Å². The van der Waals surface area contributed by atoms with Crippen LogP contribution in [0.4, 0.5) is 0 Å². The van der Waals surface area contributed by atoms with Crippen molar-refractivity contribution in [3.63, 3.8) is 0 Å². The molecule has 0 spiro atoms. The van der Waals surface area contributed by atoms with E-state index in [1.54, 1.807) is 0 Å². The summed E-state index contributed by atoms with van der Waals surface area (Å²) in [5, 5.41) is 3.30. The maximum atomic E-state index is 12.2. The highest BCUT2D eigenvalue weighted by atomic mass is 16.1. The number of carbonyl (C=O) groups excluding carboxylic acids is 1. The minimum atomic E-state index is -0.278. The Morgan fingerprint density at radius 1 is 1.38 bits per heavy atom. The van der Waals surface area contributed by atoms with Gasteiger partial charge in [0.05, 0.1) is 6.54 Å². The van der Waals surface area contributed by atoms with Crippen molar-refractivity contribution in [2.75, 3.05) is 32.7 Å². The number of hydrogen-bond acceptors (Lipinski definition) is 3. The van der Waals surface area contributed by atoms with Crippen molar-refractivity contribution < 1.29 is 4.79 Å². The molecule has 1 saturated heterocycles. The summed E-state index contributed by atoms with van der Waals surface area (Å²) < 4.78 is 0. The van der Waals surface area contributed by atoms with Crippen molar-refractivity contribution in [1.29, 1.82) is 0 Å². The van der Waals surface area contributed by atoms with Gasteiger partial charge >= 0.3 is 0 Å². The zero-order valence-corrected chi connectivity index (χ0v) is 9.91. The minimum Gasteiger partial charge on any atom is -0.314 e.